The fraction of sp³-hybridized carbons (Fsp3) is 0.320. The Bertz CT molecular complexity index is 1040. The van der Waals surface area contributed by atoms with E-state index in [2.05, 4.69) is 10.3 Å². The van der Waals surface area contributed by atoms with E-state index in [1.54, 1.807) is 0 Å². The van der Waals surface area contributed by atoms with Crippen molar-refractivity contribution in [3.63, 3.8) is 0 Å². The van der Waals surface area contributed by atoms with Crippen molar-refractivity contribution in [2.24, 2.45) is 0 Å². The Morgan fingerprint density at radius 1 is 1.06 bits per heavy atom. The number of ether oxygens (including phenoxy) is 1. The van der Waals surface area contributed by atoms with Crippen LogP contribution in [0.15, 0.2) is 60.0 Å². The summed E-state index contributed by atoms with van der Waals surface area (Å²) in [5.74, 6) is -0.293. The van der Waals surface area contributed by atoms with Gasteiger partial charge in [-0.2, -0.15) is 0 Å². The topological polar surface area (TPSA) is 68.3 Å². The molecule has 31 heavy (non-hydrogen) atoms. The highest BCUT2D eigenvalue weighted by Crippen LogP contribution is 2.42. The van der Waals surface area contributed by atoms with Gasteiger partial charge in [-0.3, -0.25) is 9.59 Å². The molecule has 1 aromatic heterocycles. The Kier molecular flexibility index (Phi) is 6.47. The van der Waals surface area contributed by atoms with Gasteiger partial charge in [-0.05, 0) is 37.5 Å². The molecule has 1 N–H and O–H groups in total. The fourth-order valence-corrected chi connectivity index (χ4v) is 4.88. The summed E-state index contributed by atoms with van der Waals surface area (Å²) in [4.78, 5) is 29.8. The number of amides is 1. The second-order valence-corrected chi connectivity index (χ2v) is 9.00. The molecule has 6 heteroatoms. The molecule has 1 amide bonds. The predicted molar refractivity (Wildman–Crippen MR) is 122 cm³/mol. The van der Waals surface area contributed by atoms with E-state index in [4.69, 9.17) is 4.74 Å². The molecule has 1 aliphatic rings. The minimum absolute atomic E-state index is 0.115. The number of esters is 1. The van der Waals surface area contributed by atoms with Crippen molar-refractivity contribution in [2.45, 2.75) is 51.0 Å². The van der Waals surface area contributed by atoms with Crippen molar-refractivity contribution in [3.05, 3.63) is 81.8 Å². The maximum absolute atomic E-state index is 13.0. The molecule has 0 radical (unpaired) electrons. The first-order valence-corrected chi connectivity index (χ1v) is 11.5. The van der Waals surface area contributed by atoms with E-state index in [1.807, 2.05) is 66.9 Å². The summed E-state index contributed by atoms with van der Waals surface area (Å²) in [6.45, 7) is 2.13. The van der Waals surface area contributed by atoms with Crippen LogP contribution in [0.5, 0.6) is 0 Å². The van der Waals surface area contributed by atoms with Crippen LogP contribution < -0.4 is 5.32 Å². The van der Waals surface area contributed by atoms with E-state index in [1.165, 1.54) is 11.3 Å². The number of aryl methyl sites for hydroxylation is 1. The number of carbonyl (C=O) groups is 2. The standard InChI is InChI=1S/C25H26N2O3S/c1-18-9-11-20(12-10-18)26-22(28)15-23-27-21(17-31-23)16-30-24(29)25(13-5-6-14-25)19-7-3-2-4-8-19/h2-4,7-12,17H,5-6,13-16H2,1H3,(H,26,28). The van der Waals surface area contributed by atoms with Crippen LogP contribution in [-0.2, 0) is 32.8 Å². The molecule has 160 valence electrons. The molecule has 1 heterocycles. The fourth-order valence-electron chi connectivity index (χ4n) is 4.10. The third kappa shape index (κ3) is 5.02. The number of hydrogen-bond acceptors (Lipinski definition) is 5. The number of nitrogens with one attached hydrogen (secondary N) is 1. The number of thiazole rings is 1. The van der Waals surface area contributed by atoms with Crippen molar-refractivity contribution >= 4 is 28.9 Å². The summed E-state index contributed by atoms with van der Waals surface area (Å²) < 4.78 is 5.70. The van der Waals surface area contributed by atoms with Crippen molar-refractivity contribution in [3.8, 4) is 0 Å². The second kappa shape index (κ2) is 9.43. The normalized spacial score (nSPS) is 14.9. The van der Waals surface area contributed by atoms with Crippen LogP contribution in [-0.4, -0.2) is 16.9 Å². The highest BCUT2D eigenvalue weighted by atomic mass is 32.1. The summed E-state index contributed by atoms with van der Waals surface area (Å²) in [5.41, 5.74) is 3.07. The average Bonchev–Trinajstić information content (AvgIpc) is 3.45. The first-order chi connectivity index (χ1) is 15.0. The Labute approximate surface area is 186 Å². The van der Waals surface area contributed by atoms with Crippen LogP contribution in [0.3, 0.4) is 0 Å². The molecular weight excluding hydrogens is 408 g/mol. The van der Waals surface area contributed by atoms with Gasteiger partial charge in [0.2, 0.25) is 5.91 Å². The van der Waals surface area contributed by atoms with Gasteiger partial charge in [0, 0.05) is 11.1 Å². The molecule has 0 saturated heterocycles. The summed E-state index contributed by atoms with van der Waals surface area (Å²) in [7, 11) is 0. The van der Waals surface area contributed by atoms with Gasteiger partial charge in [0.25, 0.3) is 0 Å². The van der Waals surface area contributed by atoms with E-state index in [0.29, 0.717) is 10.7 Å². The zero-order valence-corrected chi connectivity index (χ0v) is 18.4. The quantitative estimate of drug-likeness (QED) is 0.520. The zero-order valence-electron chi connectivity index (χ0n) is 17.6. The Morgan fingerprint density at radius 3 is 2.48 bits per heavy atom. The molecule has 0 atom stereocenters. The molecule has 2 aromatic carbocycles. The molecule has 1 aliphatic carbocycles. The number of anilines is 1. The lowest BCUT2D eigenvalue weighted by Gasteiger charge is -2.27. The lowest BCUT2D eigenvalue weighted by atomic mass is 9.79. The molecule has 0 aliphatic heterocycles. The number of hydrogen-bond donors (Lipinski definition) is 1. The molecule has 3 aromatic rings. The number of rotatable bonds is 7. The van der Waals surface area contributed by atoms with E-state index in [-0.39, 0.29) is 24.9 Å². The van der Waals surface area contributed by atoms with Gasteiger partial charge in [0.1, 0.15) is 11.6 Å². The molecule has 4 rings (SSSR count). The summed E-state index contributed by atoms with van der Waals surface area (Å²) >= 11 is 1.41. The van der Waals surface area contributed by atoms with E-state index >= 15 is 0 Å². The highest BCUT2D eigenvalue weighted by molar-refractivity contribution is 7.09. The van der Waals surface area contributed by atoms with E-state index < -0.39 is 5.41 Å². The largest absolute Gasteiger partial charge is 0.458 e. The minimum Gasteiger partial charge on any atom is -0.458 e. The van der Waals surface area contributed by atoms with Gasteiger partial charge >= 0.3 is 5.97 Å². The van der Waals surface area contributed by atoms with Gasteiger partial charge in [-0.1, -0.05) is 60.9 Å². The van der Waals surface area contributed by atoms with Crippen LogP contribution in [0.25, 0.3) is 0 Å². The third-order valence-electron chi connectivity index (χ3n) is 5.77. The first kappa shape index (κ1) is 21.2. The van der Waals surface area contributed by atoms with Gasteiger partial charge in [0.15, 0.2) is 0 Å². The summed E-state index contributed by atoms with van der Waals surface area (Å²) in [6, 6.07) is 17.6. The molecular formula is C25H26N2O3S. The maximum Gasteiger partial charge on any atom is 0.316 e. The number of nitrogens with zero attached hydrogens (tertiary/aromatic N) is 1. The average molecular weight is 435 g/mol. The Balaban J connectivity index is 1.34. The summed E-state index contributed by atoms with van der Waals surface area (Å²) in [5, 5.41) is 5.44. The summed E-state index contributed by atoms with van der Waals surface area (Å²) in [6.07, 6.45) is 3.89. The lowest BCUT2D eigenvalue weighted by molar-refractivity contribution is -0.152. The molecule has 0 spiro atoms. The molecule has 1 saturated carbocycles. The zero-order chi connectivity index (χ0) is 21.7. The van der Waals surface area contributed by atoms with Crippen LogP contribution >= 0.6 is 11.3 Å². The van der Waals surface area contributed by atoms with Gasteiger partial charge in [0.05, 0.1) is 17.5 Å². The monoisotopic (exact) mass is 434 g/mol. The highest BCUT2D eigenvalue weighted by Gasteiger charge is 2.44. The van der Waals surface area contributed by atoms with Crippen molar-refractivity contribution in [1.29, 1.82) is 0 Å². The molecule has 5 nitrogen and oxygen atoms in total. The Morgan fingerprint density at radius 2 is 1.77 bits per heavy atom. The van der Waals surface area contributed by atoms with E-state index in [0.717, 1.165) is 42.5 Å². The van der Waals surface area contributed by atoms with Crippen LogP contribution in [0, 0.1) is 6.92 Å². The van der Waals surface area contributed by atoms with Crippen LogP contribution in [0.2, 0.25) is 0 Å². The Hall–Kier alpha value is -2.99. The molecule has 0 bridgehead atoms. The molecule has 1 fully saturated rings. The predicted octanol–water partition coefficient (Wildman–Crippen LogP) is 5.19. The van der Waals surface area contributed by atoms with Crippen LogP contribution in [0.1, 0.15) is 47.5 Å². The minimum atomic E-state index is -0.548. The second-order valence-electron chi connectivity index (χ2n) is 8.05. The van der Waals surface area contributed by atoms with Crippen molar-refractivity contribution in [1.82, 2.24) is 4.98 Å². The van der Waals surface area contributed by atoms with Gasteiger partial charge in [-0.15, -0.1) is 11.3 Å². The molecule has 0 unspecified atom stereocenters. The first-order valence-electron chi connectivity index (χ1n) is 10.6. The number of benzene rings is 2. The van der Waals surface area contributed by atoms with Crippen molar-refractivity contribution < 1.29 is 14.3 Å². The lowest BCUT2D eigenvalue weighted by Crippen LogP contribution is -2.34. The number of carbonyl (C=O) groups excluding carboxylic acids is 2. The van der Waals surface area contributed by atoms with Gasteiger partial charge < -0.3 is 10.1 Å². The third-order valence-corrected chi connectivity index (χ3v) is 6.67. The van der Waals surface area contributed by atoms with Gasteiger partial charge in [-0.25, -0.2) is 4.98 Å². The SMILES string of the molecule is Cc1ccc(NC(=O)Cc2nc(COC(=O)C3(c4ccccc4)CCCC3)cs2)cc1. The van der Waals surface area contributed by atoms with Crippen molar-refractivity contribution in [2.75, 3.05) is 5.32 Å². The van der Waals surface area contributed by atoms with Crippen LogP contribution in [0.4, 0.5) is 5.69 Å². The number of aromatic nitrogens is 1. The van der Waals surface area contributed by atoms with E-state index in [9.17, 15) is 9.59 Å². The smallest absolute Gasteiger partial charge is 0.316 e. The maximum atomic E-state index is 13.0.